The van der Waals surface area contributed by atoms with Crippen LogP contribution in [0, 0.1) is 18.3 Å². The molecule has 1 amide bonds. The molecule has 3 heterocycles. The first-order valence-electron chi connectivity index (χ1n) is 7.46. The summed E-state index contributed by atoms with van der Waals surface area (Å²) in [6.07, 6.45) is 3.51. The standard InChI is InChI=1S/C18H14N4O/c1-11-14-7-12(9-19)8-15(13-3-2-4-20-10-13)17(14)22-6-5-21-18(23)16(11)22/h2-4,7-8,10H,5-6H2,1H3,(H,21,23). The van der Waals surface area contributed by atoms with Gasteiger partial charge >= 0.3 is 0 Å². The minimum atomic E-state index is -0.0550. The Morgan fingerprint density at radius 1 is 1.39 bits per heavy atom. The van der Waals surface area contributed by atoms with Gasteiger partial charge in [0.2, 0.25) is 0 Å². The van der Waals surface area contributed by atoms with Crippen LogP contribution < -0.4 is 5.32 Å². The average Bonchev–Trinajstić information content (AvgIpc) is 2.89. The molecule has 0 spiro atoms. The van der Waals surface area contributed by atoms with Crippen molar-refractivity contribution in [3.05, 3.63) is 53.5 Å². The monoisotopic (exact) mass is 302 g/mol. The van der Waals surface area contributed by atoms with E-state index in [2.05, 4.69) is 20.9 Å². The number of pyridine rings is 1. The number of aromatic nitrogens is 2. The van der Waals surface area contributed by atoms with E-state index < -0.39 is 0 Å². The second kappa shape index (κ2) is 4.96. The van der Waals surface area contributed by atoms with Crippen LogP contribution in [0.15, 0.2) is 36.7 Å². The lowest BCUT2D eigenvalue weighted by atomic mass is 10.00. The Kier molecular flexibility index (Phi) is 2.91. The molecule has 0 saturated carbocycles. The first-order chi connectivity index (χ1) is 11.2. The van der Waals surface area contributed by atoms with Crippen LogP contribution in [0.1, 0.15) is 21.6 Å². The molecule has 0 saturated heterocycles. The zero-order valence-corrected chi connectivity index (χ0v) is 12.6. The van der Waals surface area contributed by atoms with Crippen molar-refractivity contribution in [2.45, 2.75) is 13.5 Å². The molecular weight excluding hydrogens is 288 g/mol. The fourth-order valence-corrected chi connectivity index (χ4v) is 3.34. The number of benzene rings is 1. The van der Waals surface area contributed by atoms with Gasteiger partial charge in [-0.2, -0.15) is 5.26 Å². The van der Waals surface area contributed by atoms with Crippen LogP contribution in [0.2, 0.25) is 0 Å². The maximum Gasteiger partial charge on any atom is 0.268 e. The molecule has 1 aliphatic heterocycles. The van der Waals surface area contributed by atoms with E-state index in [-0.39, 0.29) is 5.91 Å². The lowest BCUT2D eigenvalue weighted by Gasteiger charge is -2.18. The second-order valence-corrected chi connectivity index (χ2v) is 5.65. The maximum absolute atomic E-state index is 12.3. The van der Waals surface area contributed by atoms with Gasteiger partial charge in [-0.3, -0.25) is 9.78 Å². The summed E-state index contributed by atoms with van der Waals surface area (Å²) in [4.78, 5) is 16.5. The Bertz CT molecular complexity index is 980. The van der Waals surface area contributed by atoms with Crippen LogP contribution in [0.4, 0.5) is 0 Å². The van der Waals surface area contributed by atoms with Gasteiger partial charge in [0.05, 0.1) is 17.1 Å². The van der Waals surface area contributed by atoms with E-state index in [1.807, 2.05) is 31.2 Å². The molecule has 0 aliphatic carbocycles. The number of carbonyl (C=O) groups is 1. The van der Waals surface area contributed by atoms with Crippen LogP contribution in [0.25, 0.3) is 22.0 Å². The minimum absolute atomic E-state index is 0.0550. The summed E-state index contributed by atoms with van der Waals surface area (Å²) in [7, 11) is 0. The van der Waals surface area contributed by atoms with Gasteiger partial charge in [-0.05, 0) is 30.7 Å². The summed E-state index contributed by atoms with van der Waals surface area (Å²) >= 11 is 0. The van der Waals surface area contributed by atoms with E-state index in [0.717, 1.165) is 34.1 Å². The Labute approximate surface area is 133 Å². The van der Waals surface area contributed by atoms with Gasteiger partial charge in [-0.15, -0.1) is 0 Å². The molecule has 3 aromatic rings. The molecular formula is C18H14N4O. The summed E-state index contributed by atoms with van der Waals surface area (Å²) in [5.74, 6) is -0.0550. The quantitative estimate of drug-likeness (QED) is 0.751. The van der Waals surface area contributed by atoms with E-state index in [0.29, 0.717) is 17.8 Å². The molecule has 0 unspecified atom stereocenters. The summed E-state index contributed by atoms with van der Waals surface area (Å²) in [6.45, 7) is 3.28. The lowest BCUT2D eigenvalue weighted by molar-refractivity contribution is 0.0928. The Balaban J connectivity index is 2.16. The number of hydrogen-bond donors (Lipinski definition) is 1. The van der Waals surface area contributed by atoms with Gasteiger partial charge in [0.1, 0.15) is 5.69 Å². The molecule has 1 N–H and O–H groups in total. The third-order valence-electron chi connectivity index (χ3n) is 4.35. The number of carbonyl (C=O) groups excluding carboxylic acids is 1. The first-order valence-corrected chi connectivity index (χ1v) is 7.46. The van der Waals surface area contributed by atoms with Gasteiger partial charge in [0.15, 0.2) is 0 Å². The number of rotatable bonds is 1. The molecule has 23 heavy (non-hydrogen) atoms. The lowest BCUT2D eigenvalue weighted by Crippen LogP contribution is -2.35. The molecule has 5 heteroatoms. The third-order valence-corrected chi connectivity index (χ3v) is 4.35. The molecule has 1 aliphatic rings. The van der Waals surface area contributed by atoms with Crippen LogP contribution >= 0.6 is 0 Å². The Hall–Kier alpha value is -3.13. The zero-order valence-electron chi connectivity index (χ0n) is 12.6. The summed E-state index contributed by atoms with van der Waals surface area (Å²) in [5.41, 5.74) is 5.07. The van der Waals surface area contributed by atoms with Crippen molar-refractivity contribution in [2.24, 2.45) is 0 Å². The van der Waals surface area contributed by atoms with E-state index in [4.69, 9.17) is 0 Å². The Morgan fingerprint density at radius 2 is 2.26 bits per heavy atom. The molecule has 0 atom stereocenters. The predicted molar refractivity (Wildman–Crippen MR) is 87.0 cm³/mol. The number of hydrogen-bond acceptors (Lipinski definition) is 3. The maximum atomic E-state index is 12.3. The molecule has 4 rings (SSSR count). The van der Waals surface area contributed by atoms with E-state index in [1.165, 1.54) is 0 Å². The Morgan fingerprint density at radius 3 is 3.00 bits per heavy atom. The number of aryl methyl sites for hydroxylation is 1. The van der Waals surface area contributed by atoms with Gasteiger partial charge < -0.3 is 9.88 Å². The van der Waals surface area contributed by atoms with Crippen LogP contribution in [0.3, 0.4) is 0 Å². The van der Waals surface area contributed by atoms with Crippen LogP contribution in [-0.4, -0.2) is 22.0 Å². The third kappa shape index (κ3) is 1.92. The number of nitrogens with one attached hydrogen (secondary N) is 1. The van der Waals surface area contributed by atoms with E-state index in [9.17, 15) is 10.1 Å². The van der Waals surface area contributed by atoms with Gasteiger partial charge in [0, 0.05) is 42.0 Å². The molecule has 0 radical (unpaired) electrons. The van der Waals surface area contributed by atoms with Gasteiger partial charge in [-0.25, -0.2) is 0 Å². The zero-order chi connectivity index (χ0) is 16.0. The van der Waals surface area contributed by atoms with Crippen molar-refractivity contribution in [1.29, 1.82) is 5.26 Å². The molecule has 0 fully saturated rings. The van der Waals surface area contributed by atoms with Crippen molar-refractivity contribution in [3.8, 4) is 17.2 Å². The molecule has 5 nitrogen and oxygen atoms in total. The minimum Gasteiger partial charge on any atom is -0.349 e. The van der Waals surface area contributed by atoms with Crippen molar-refractivity contribution >= 4 is 16.8 Å². The highest BCUT2D eigenvalue weighted by Gasteiger charge is 2.25. The van der Waals surface area contributed by atoms with Gasteiger partial charge in [0.25, 0.3) is 5.91 Å². The number of amides is 1. The highest BCUT2D eigenvalue weighted by Crippen LogP contribution is 2.35. The fraction of sp³-hybridized carbons (Fsp3) is 0.167. The SMILES string of the molecule is Cc1c2n(c3c(-c4cccnc4)cc(C#N)cc13)CCNC2=O. The van der Waals surface area contributed by atoms with Crippen molar-refractivity contribution in [3.63, 3.8) is 0 Å². The molecule has 0 bridgehead atoms. The average molecular weight is 302 g/mol. The van der Waals surface area contributed by atoms with Gasteiger partial charge in [-0.1, -0.05) is 6.07 Å². The van der Waals surface area contributed by atoms with Crippen molar-refractivity contribution < 1.29 is 4.79 Å². The number of fused-ring (bicyclic) bond motifs is 3. The normalized spacial score (nSPS) is 13.5. The largest absolute Gasteiger partial charge is 0.349 e. The van der Waals surface area contributed by atoms with E-state index >= 15 is 0 Å². The van der Waals surface area contributed by atoms with Crippen molar-refractivity contribution in [2.75, 3.05) is 6.54 Å². The highest BCUT2D eigenvalue weighted by molar-refractivity contribution is 6.06. The fourth-order valence-electron chi connectivity index (χ4n) is 3.34. The molecule has 2 aromatic heterocycles. The summed E-state index contributed by atoms with van der Waals surface area (Å²) < 4.78 is 2.06. The first kappa shape index (κ1) is 13.5. The molecule has 1 aromatic carbocycles. The number of nitriles is 1. The summed E-state index contributed by atoms with van der Waals surface area (Å²) in [5, 5.41) is 13.2. The molecule has 112 valence electrons. The van der Waals surface area contributed by atoms with Crippen LogP contribution in [-0.2, 0) is 6.54 Å². The van der Waals surface area contributed by atoms with E-state index in [1.54, 1.807) is 12.4 Å². The number of nitrogens with zero attached hydrogens (tertiary/aromatic N) is 3. The van der Waals surface area contributed by atoms with Crippen molar-refractivity contribution in [1.82, 2.24) is 14.9 Å². The highest BCUT2D eigenvalue weighted by atomic mass is 16.2. The van der Waals surface area contributed by atoms with Crippen LogP contribution in [0.5, 0.6) is 0 Å². The predicted octanol–water partition coefficient (Wildman–Crippen LogP) is 2.63. The topological polar surface area (TPSA) is 70.7 Å². The smallest absolute Gasteiger partial charge is 0.268 e. The second-order valence-electron chi connectivity index (χ2n) is 5.65. The summed E-state index contributed by atoms with van der Waals surface area (Å²) in [6, 6.07) is 9.80.